The monoisotopic (exact) mass is 235 g/mol. The third-order valence-electron chi connectivity index (χ3n) is 2.77. The van der Waals surface area contributed by atoms with E-state index in [-0.39, 0.29) is 12.3 Å². The van der Waals surface area contributed by atoms with Crippen molar-refractivity contribution in [2.45, 2.75) is 13.5 Å². The maximum absolute atomic E-state index is 11.5. The van der Waals surface area contributed by atoms with Gasteiger partial charge >= 0.3 is 5.63 Å². The Balaban J connectivity index is 2.92. The zero-order chi connectivity index (χ0) is 12.6. The van der Waals surface area contributed by atoms with Crippen LogP contribution in [0, 0.1) is 6.92 Å². The first kappa shape index (κ1) is 11.5. The van der Waals surface area contributed by atoms with Crippen molar-refractivity contribution in [3.8, 4) is 11.5 Å². The van der Waals surface area contributed by atoms with Crippen LogP contribution in [0.25, 0.3) is 11.0 Å². The summed E-state index contributed by atoms with van der Waals surface area (Å²) in [5.74, 6) is 0.246. The minimum Gasteiger partial charge on any atom is -0.504 e. The van der Waals surface area contributed by atoms with Crippen molar-refractivity contribution in [3.63, 3.8) is 0 Å². The maximum atomic E-state index is 11.5. The van der Waals surface area contributed by atoms with E-state index in [0.29, 0.717) is 27.8 Å². The normalized spacial score (nSPS) is 10.8. The van der Waals surface area contributed by atoms with Crippen molar-refractivity contribution < 1.29 is 14.3 Å². The van der Waals surface area contributed by atoms with E-state index in [2.05, 4.69) is 0 Å². The van der Waals surface area contributed by atoms with Gasteiger partial charge in [-0.3, -0.25) is 0 Å². The van der Waals surface area contributed by atoms with Crippen molar-refractivity contribution in [3.05, 3.63) is 33.7 Å². The quantitative estimate of drug-likeness (QED) is 0.766. The highest BCUT2D eigenvalue weighted by Crippen LogP contribution is 2.32. The SMILES string of the molecule is COc1cc2c(CN)c(C)c(=O)oc2cc1O. The van der Waals surface area contributed by atoms with Crippen molar-refractivity contribution in [1.82, 2.24) is 0 Å². The van der Waals surface area contributed by atoms with E-state index in [1.807, 2.05) is 0 Å². The van der Waals surface area contributed by atoms with Crippen LogP contribution in [0.15, 0.2) is 21.3 Å². The zero-order valence-corrected chi connectivity index (χ0v) is 9.61. The van der Waals surface area contributed by atoms with Gasteiger partial charge in [0.05, 0.1) is 7.11 Å². The Morgan fingerprint density at radius 3 is 2.76 bits per heavy atom. The Bertz CT molecular complexity index is 630. The molecule has 2 aromatic rings. The van der Waals surface area contributed by atoms with Gasteiger partial charge in [0.15, 0.2) is 11.5 Å². The van der Waals surface area contributed by atoms with Gasteiger partial charge in [-0.15, -0.1) is 0 Å². The minimum absolute atomic E-state index is 0.0741. The Morgan fingerprint density at radius 1 is 1.47 bits per heavy atom. The Labute approximate surface area is 97.4 Å². The van der Waals surface area contributed by atoms with Crippen molar-refractivity contribution in [2.24, 2.45) is 5.73 Å². The average Bonchev–Trinajstić information content (AvgIpc) is 2.31. The predicted octanol–water partition coefficient (Wildman–Crippen LogP) is 1.27. The summed E-state index contributed by atoms with van der Waals surface area (Å²) in [6.45, 7) is 1.88. The molecule has 0 saturated carbocycles. The molecule has 1 aromatic carbocycles. The van der Waals surface area contributed by atoms with Gasteiger partial charge in [0, 0.05) is 23.6 Å². The smallest absolute Gasteiger partial charge is 0.339 e. The number of rotatable bonds is 2. The average molecular weight is 235 g/mol. The molecule has 0 unspecified atom stereocenters. The second kappa shape index (κ2) is 4.10. The molecular formula is C12H13NO4. The molecule has 0 amide bonds. The molecule has 1 aromatic heterocycles. The van der Waals surface area contributed by atoms with Gasteiger partial charge in [0.1, 0.15) is 5.58 Å². The number of methoxy groups -OCH3 is 1. The van der Waals surface area contributed by atoms with Crippen LogP contribution in [0.3, 0.4) is 0 Å². The standard InChI is InChI=1S/C12H13NO4/c1-6-8(5-13)7-3-11(16-2)9(14)4-10(7)17-12(6)15/h3-4,14H,5,13H2,1-2H3. The molecular weight excluding hydrogens is 222 g/mol. The van der Waals surface area contributed by atoms with Gasteiger partial charge in [-0.1, -0.05) is 0 Å². The van der Waals surface area contributed by atoms with Crippen molar-refractivity contribution in [2.75, 3.05) is 7.11 Å². The molecule has 5 nitrogen and oxygen atoms in total. The molecule has 17 heavy (non-hydrogen) atoms. The second-order valence-electron chi connectivity index (χ2n) is 3.72. The van der Waals surface area contributed by atoms with E-state index in [1.165, 1.54) is 13.2 Å². The van der Waals surface area contributed by atoms with Crippen molar-refractivity contribution >= 4 is 11.0 Å². The summed E-state index contributed by atoms with van der Waals surface area (Å²) < 4.78 is 10.1. The summed E-state index contributed by atoms with van der Waals surface area (Å²) in [6, 6.07) is 2.97. The van der Waals surface area contributed by atoms with Gasteiger partial charge in [0.25, 0.3) is 0 Å². The second-order valence-corrected chi connectivity index (χ2v) is 3.72. The first-order valence-electron chi connectivity index (χ1n) is 5.11. The van der Waals surface area contributed by atoms with Crippen LogP contribution < -0.4 is 16.1 Å². The molecule has 0 atom stereocenters. The lowest BCUT2D eigenvalue weighted by Crippen LogP contribution is -2.11. The molecule has 0 saturated heterocycles. The van der Waals surface area contributed by atoms with E-state index in [9.17, 15) is 9.90 Å². The summed E-state index contributed by atoms with van der Waals surface area (Å²) in [5, 5.41) is 10.3. The van der Waals surface area contributed by atoms with E-state index < -0.39 is 5.63 Å². The molecule has 3 N–H and O–H groups in total. The molecule has 2 rings (SSSR count). The fraction of sp³-hybridized carbons (Fsp3) is 0.250. The molecule has 0 aliphatic heterocycles. The third-order valence-corrected chi connectivity index (χ3v) is 2.77. The summed E-state index contributed by atoms with van der Waals surface area (Å²) in [7, 11) is 1.45. The lowest BCUT2D eigenvalue weighted by Gasteiger charge is -2.09. The topological polar surface area (TPSA) is 85.7 Å². The lowest BCUT2D eigenvalue weighted by atomic mass is 10.1. The van der Waals surface area contributed by atoms with Crippen LogP contribution in [0.2, 0.25) is 0 Å². The molecule has 0 aliphatic rings. The van der Waals surface area contributed by atoms with Crippen LogP contribution in [-0.4, -0.2) is 12.2 Å². The number of ether oxygens (including phenoxy) is 1. The highest BCUT2D eigenvalue weighted by atomic mass is 16.5. The summed E-state index contributed by atoms with van der Waals surface area (Å²) >= 11 is 0. The van der Waals surface area contributed by atoms with Gasteiger partial charge in [-0.25, -0.2) is 4.79 Å². The van der Waals surface area contributed by atoms with Gasteiger partial charge < -0.3 is 20.0 Å². The van der Waals surface area contributed by atoms with Crippen LogP contribution in [0.4, 0.5) is 0 Å². The Morgan fingerprint density at radius 2 is 2.18 bits per heavy atom. The van der Waals surface area contributed by atoms with E-state index in [0.717, 1.165) is 0 Å². The number of phenolic OH excluding ortho intramolecular Hbond substituents is 1. The fourth-order valence-corrected chi connectivity index (χ4v) is 1.80. The number of benzene rings is 1. The molecule has 0 spiro atoms. The third kappa shape index (κ3) is 1.74. The largest absolute Gasteiger partial charge is 0.504 e. The molecule has 0 fully saturated rings. The molecule has 1 heterocycles. The van der Waals surface area contributed by atoms with Crippen molar-refractivity contribution in [1.29, 1.82) is 0 Å². The summed E-state index contributed by atoms with van der Waals surface area (Å²) in [4.78, 5) is 11.5. The van der Waals surface area contributed by atoms with Gasteiger partial charge in [-0.2, -0.15) is 0 Å². The van der Waals surface area contributed by atoms with E-state index in [4.69, 9.17) is 14.9 Å². The van der Waals surface area contributed by atoms with Crippen LogP contribution in [0.1, 0.15) is 11.1 Å². The van der Waals surface area contributed by atoms with Crippen LogP contribution >= 0.6 is 0 Å². The van der Waals surface area contributed by atoms with E-state index >= 15 is 0 Å². The van der Waals surface area contributed by atoms with E-state index in [1.54, 1.807) is 13.0 Å². The number of phenols is 1. The molecule has 0 aliphatic carbocycles. The maximum Gasteiger partial charge on any atom is 0.339 e. The molecule has 5 heteroatoms. The summed E-state index contributed by atoms with van der Waals surface area (Å²) in [5.41, 5.74) is 6.68. The number of hydrogen-bond acceptors (Lipinski definition) is 5. The number of nitrogens with two attached hydrogens (primary N) is 1. The highest BCUT2D eigenvalue weighted by molar-refractivity contribution is 5.84. The minimum atomic E-state index is -0.442. The summed E-state index contributed by atoms with van der Waals surface area (Å²) in [6.07, 6.45) is 0. The Kier molecular flexibility index (Phi) is 2.77. The first-order chi connectivity index (χ1) is 8.08. The van der Waals surface area contributed by atoms with Crippen LogP contribution in [-0.2, 0) is 6.54 Å². The predicted molar refractivity (Wildman–Crippen MR) is 63.3 cm³/mol. The molecule has 0 radical (unpaired) electrons. The van der Waals surface area contributed by atoms with Gasteiger partial charge in [0.2, 0.25) is 0 Å². The Hall–Kier alpha value is -2.01. The van der Waals surface area contributed by atoms with Gasteiger partial charge in [-0.05, 0) is 18.6 Å². The number of hydrogen-bond donors (Lipinski definition) is 2. The zero-order valence-electron chi connectivity index (χ0n) is 9.61. The number of fused-ring (bicyclic) bond motifs is 1. The lowest BCUT2D eigenvalue weighted by molar-refractivity contribution is 0.373. The highest BCUT2D eigenvalue weighted by Gasteiger charge is 2.13. The van der Waals surface area contributed by atoms with Crippen LogP contribution in [0.5, 0.6) is 11.5 Å². The fourth-order valence-electron chi connectivity index (χ4n) is 1.80. The number of aromatic hydroxyl groups is 1. The molecule has 90 valence electrons. The molecule has 0 bridgehead atoms. The first-order valence-corrected chi connectivity index (χ1v) is 5.11.